The molecular weight excluding hydrogens is 350 g/mol. The van der Waals surface area contributed by atoms with Crippen molar-refractivity contribution in [2.24, 2.45) is 5.10 Å². The fraction of sp³-hybridized carbons (Fsp3) is 0.263. The lowest BCUT2D eigenvalue weighted by molar-refractivity contribution is -0.384. The zero-order chi connectivity index (χ0) is 19.4. The number of rotatable bonds is 6. The summed E-state index contributed by atoms with van der Waals surface area (Å²) in [5.41, 5.74) is 4.11. The lowest BCUT2D eigenvalue weighted by Gasteiger charge is -2.09. The van der Waals surface area contributed by atoms with E-state index in [4.69, 9.17) is 9.47 Å². The molecule has 0 bridgehead atoms. The van der Waals surface area contributed by atoms with Crippen LogP contribution in [-0.2, 0) is 6.42 Å². The number of fused-ring (bicyclic) bond motifs is 1. The third-order valence-electron chi connectivity index (χ3n) is 4.02. The number of carbonyl (C=O) groups excluding carboxylic acids is 1. The van der Waals surface area contributed by atoms with E-state index in [1.807, 2.05) is 26.0 Å². The maximum atomic E-state index is 12.1. The van der Waals surface area contributed by atoms with E-state index in [1.54, 1.807) is 0 Å². The average Bonchev–Trinajstić information content (AvgIpc) is 3.01. The third-order valence-corrected chi connectivity index (χ3v) is 4.02. The maximum absolute atomic E-state index is 12.1. The largest absolute Gasteiger partial charge is 0.493 e. The minimum atomic E-state index is -0.556. The predicted octanol–water partition coefficient (Wildman–Crippen LogP) is 3.08. The first-order valence-electron chi connectivity index (χ1n) is 8.52. The van der Waals surface area contributed by atoms with Crippen LogP contribution in [0, 0.1) is 10.1 Å². The fourth-order valence-electron chi connectivity index (χ4n) is 2.82. The van der Waals surface area contributed by atoms with Crippen LogP contribution in [0.4, 0.5) is 5.69 Å². The zero-order valence-corrected chi connectivity index (χ0v) is 15.0. The summed E-state index contributed by atoms with van der Waals surface area (Å²) in [6.07, 6.45) is 2.39. The first-order valence-corrected chi connectivity index (χ1v) is 8.52. The van der Waals surface area contributed by atoms with Gasteiger partial charge in [-0.1, -0.05) is 6.07 Å². The van der Waals surface area contributed by atoms with E-state index in [0.29, 0.717) is 17.9 Å². The molecule has 0 saturated heterocycles. The molecule has 0 radical (unpaired) electrons. The van der Waals surface area contributed by atoms with Crippen molar-refractivity contribution in [2.75, 3.05) is 6.61 Å². The van der Waals surface area contributed by atoms with Crippen LogP contribution >= 0.6 is 0 Å². The van der Waals surface area contributed by atoms with Gasteiger partial charge in [0.05, 0.1) is 17.7 Å². The molecule has 0 aromatic heterocycles. The molecule has 8 heteroatoms. The molecule has 1 N–H and O–H groups in total. The molecule has 0 saturated carbocycles. The minimum absolute atomic E-state index is 0.107. The molecule has 1 atom stereocenters. The van der Waals surface area contributed by atoms with Gasteiger partial charge in [-0.25, -0.2) is 5.43 Å². The number of carbonyl (C=O) groups is 1. The van der Waals surface area contributed by atoms with Gasteiger partial charge in [0.25, 0.3) is 11.6 Å². The van der Waals surface area contributed by atoms with Crippen molar-refractivity contribution in [1.29, 1.82) is 0 Å². The summed E-state index contributed by atoms with van der Waals surface area (Å²) in [7, 11) is 0. The smallest absolute Gasteiger partial charge is 0.271 e. The molecular formula is C19H19N3O5. The van der Waals surface area contributed by atoms with Crippen LogP contribution in [0.5, 0.6) is 11.5 Å². The third kappa shape index (κ3) is 4.22. The van der Waals surface area contributed by atoms with E-state index in [2.05, 4.69) is 10.5 Å². The highest BCUT2D eigenvalue weighted by Gasteiger charge is 2.21. The van der Waals surface area contributed by atoms with Gasteiger partial charge in [-0.15, -0.1) is 0 Å². The molecule has 2 aromatic carbocycles. The van der Waals surface area contributed by atoms with Crippen molar-refractivity contribution >= 4 is 17.8 Å². The Bertz CT molecular complexity index is 910. The second-order valence-corrected chi connectivity index (χ2v) is 6.07. The Morgan fingerprint density at radius 2 is 2.26 bits per heavy atom. The van der Waals surface area contributed by atoms with Gasteiger partial charge in [0, 0.05) is 35.2 Å². The number of ether oxygens (including phenoxy) is 2. The molecule has 0 unspecified atom stereocenters. The Labute approximate surface area is 155 Å². The number of hydrogen-bond donors (Lipinski definition) is 1. The molecule has 2 aromatic rings. The number of benzene rings is 2. The molecule has 0 fully saturated rings. The standard InChI is InChI=1S/C19H19N3O5/c1-3-26-17-9-14-7-12(2)27-18(14)10-15(17)11-20-21-19(23)13-5-4-6-16(8-13)22(24)25/h4-6,8-12H,3,7H2,1-2H3,(H,21,23)/b20-11-/t12-/m0/s1. The molecule has 8 nitrogen and oxygen atoms in total. The monoisotopic (exact) mass is 369 g/mol. The Kier molecular flexibility index (Phi) is 5.35. The topological polar surface area (TPSA) is 103 Å². The number of nitrogens with zero attached hydrogens (tertiary/aromatic N) is 2. The molecule has 0 spiro atoms. The van der Waals surface area contributed by atoms with E-state index >= 15 is 0 Å². The van der Waals surface area contributed by atoms with Crippen LogP contribution in [0.25, 0.3) is 0 Å². The average molecular weight is 369 g/mol. The van der Waals surface area contributed by atoms with Gasteiger partial charge in [-0.05, 0) is 32.0 Å². The van der Waals surface area contributed by atoms with E-state index in [-0.39, 0.29) is 17.4 Å². The van der Waals surface area contributed by atoms with E-state index in [1.165, 1.54) is 30.5 Å². The lowest BCUT2D eigenvalue weighted by atomic mass is 10.1. The van der Waals surface area contributed by atoms with Gasteiger partial charge in [0.1, 0.15) is 17.6 Å². The van der Waals surface area contributed by atoms with Crippen LogP contribution in [0.3, 0.4) is 0 Å². The van der Waals surface area contributed by atoms with Crippen molar-refractivity contribution in [2.45, 2.75) is 26.4 Å². The quantitative estimate of drug-likeness (QED) is 0.479. The van der Waals surface area contributed by atoms with Crippen molar-refractivity contribution < 1.29 is 19.2 Å². The molecule has 1 aliphatic heterocycles. The molecule has 1 heterocycles. The van der Waals surface area contributed by atoms with Gasteiger partial charge < -0.3 is 9.47 Å². The first-order chi connectivity index (χ1) is 13.0. The van der Waals surface area contributed by atoms with Crippen LogP contribution < -0.4 is 14.9 Å². The highest BCUT2D eigenvalue weighted by Crippen LogP contribution is 2.34. The molecule has 1 aliphatic rings. The fourth-order valence-corrected chi connectivity index (χ4v) is 2.82. The van der Waals surface area contributed by atoms with E-state index < -0.39 is 10.8 Å². The normalized spacial score (nSPS) is 15.3. The maximum Gasteiger partial charge on any atom is 0.271 e. The van der Waals surface area contributed by atoms with Gasteiger partial charge in [-0.3, -0.25) is 14.9 Å². The number of hydrazone groups is 1. The first kappa shape index (κ1) is 18.4. The number of hydrogen-bond acceptors (Lipinski definition) is 6. The number of nitro groups is 1. The van der Waals surface area contributed by atoms with Crippen molar-refractivity contribution in [3.8, 4) is 11.5 Å². The Hall–Kier alpha value is -3.42. The predicted molar refractivity (Wildman–Crippen MR) is 99.6 cm³/mol. The Balaban J connectivity index is 1.76. The van der Waals surface area contributed by atoms with Gasteiger partial charge in [-0.2, -0.15) is 5.10 Å². The summed E-state index contributed by atoms with van der Waals surface area (Å²) in [6, 6.07) is 9.19. The highest BCUT2D eigenvalue weighted by molar-refractivity contribution is 5.95. The number of non-ortho nitro benzene ring substituents is 1. The summed E-state index contributed by atoms with van der Waals surface area (Å²) >= 11 is 0. The summed E-state index contributed by atoms with van der Waals surface area (Å²) in [5, 5.41) is 14.8. The Morgan fingerprint density at radius 3 is 3.00 bits per heavy atom. The van der Waals surface area contributed by atoms with Crippen molar-refractivity contribution in [1.82, 2.24) is 5.43 Å². The summed E-state index contributed by atoms with van der Waals surface area (Å²) in [5.74, 6) is 0.888. The summed E-state index contributed by atoms with van der Waals surface area (Å²) in [4.78, 5) is 22.4. The molecule has 0 aliphatic carbocycles. The molecule has 1 amide bonds. The highest BCUT2D eigenvalue weighted by atomic mass is 16.6. The van der Waals surface area contributed by atoms with E-state index in [9.17, 15) is 14.9 Å². The van der Waals surface area contributed by atoms with E-state index in [0.717, 1.165) is 17.7 Å². The minimum Gasteiger partial charge on any atom is -0.493 e. The van der Waals surface area contributed by atoms with Crippen LogP contribution in [0.15, 0.2) is 41.5 Å². The molecule has 140 valence electrons. The SMILES string of the molecule is CCOc1cc2c(cc1/C=N\NC(=O)c1cccc([N+](=O)[O-])c1)O[C@@H](C)C2. The van der Waals surface area contributed by atoms with Crippen LogP contribution in [0.1, 0.15) is 35.3 Å². The number of nitro benzene ring substituents is 1. The van der Waals surface area contributed by atoms with Crippen molar-refractivity contribution in [3.63, 3.8) is 0 Å². The summed E-state index contributed by atoms with van der Waals surface area (Å²) in [6.45, 7) is 4.38. The van der Waals surface area contributed by atoms with Gasteiger partial charge >= 0.3 is 0 Å². The van der Waals surface area contributed by atoms with Crippen LogP contribution in [-0.4, -0.2) is 29.8 Å². The van der Waals surface area contributed by atoms with Crippen molar-refractivity contribution in [3.05, 3.63) is 63.2 Å². The Morgan fingerprint density at radius 1 is 1.44 bits per heavy atom. The van der Waals surface area contributed by atoms with Gasteiger partial charge in [0.2, 0.25) is 0 Å². The lowest BCUT2D eigenvalue weighted by Crippen LogP contribution is -2.17. The molecule has 3 rings (SSSR count). The number of nitrogens with one attached hydrogen (secondary N) is 1. The second-order valence-electron chi connectivity index (χ2n) is 6.07. The van der Waals surface area contributed by atoms with Gasteiger partial charge in [0.15, 0.2) is 0 Å². The van der Waals surface area contributed by atoms with Crippen LogP contribution in [0.2, 0.25) is 0 Å². The summed E-state index contributed by atoms with van der Waals surface area (Å²) < 4.78 is 11.4. The zero-order valence-electron chi connectivity index (χ0n) is 15.0. The molecule has 27 heavy (non-hydrogen) atoms. The second kappa shape index (κ2) is 7.86. The number of amides is 1.